The molecule has 108 valence electrons. The van der Waals surface area contributed by atoms with Crippen LogP contribution in [0.4, 0.5) is 0 Å². The van der Waals surface area contributed by atoms with Crippen LogP contribution >= 0.6 is 0 Å². The van der Waals surface area contributed by atoms with Crippen LogP contribution in [0.15, 0.2) is 24.3 Å². The average molecular weight is 277 g/mol. The maximum absolute atomic E-state index is 12.1. The monoisotopic (exact) mass is 277 g/mol. The molecule has 0 fully saturated rings. The van der Waals surface area contributed by atoms with Gasteiger partial charge in [-0.3, -0.25) is 14.5 Å². The van der Waals surface area contributed by atoms with Crippen molar-refractivity contribution in [1.29, 1.82) is 0 Å². The molecule has 0 bridgehead atoms. The number of amides is 2. The van der Waals surface area contributed by atoms with Gasteiger partial charge in [-0.1, -0.05) is 12.1 Å². The van der Waals surface area contributed by atoms with Gasteiger partial charge in [0, 0.05) is 13.0 Å². The number of hydrogen-bond donors (Lipinski definition) is 1. The number of aliphatic hydroxyl groups excluding tert-OH is 1. The minimum absolute atomic E-state index is 0.139. The van der Waals surface area contributed by atoms with Gasteiger partial charge in [0.15, 0.2) is 0 Å². The number of quaternary nitrogens is 1. The van der Waals surface area contributed by atoms with Crippen molar-refractivity contribution in [3.63, 3.8) is 0 Å². The molecule has 2 rings (SSSR count). The predicted molar refractivity (Wildman–Crippen MR) is 75.4 cm³/mol. The molecule has 1 aliphatic heterocycles. The molecule has 0 saturated heterocycles. The zero-order chi connectivity index (χ0) is 14.8. The van der Waals surface area contributed by atoms with Crippen molar-refractivity contribution < 1.29 is 19.2 Å². The van der Waals surface area contributed by atoms with Gasteiger partial charge < -0.3 is 9.59 Å². The Hall–Kier alpha value is -1.72. The van der Waals surface area contributed by atoms with Crippen molar-refractivity contribution in [2.75, 3.05) is 40.3 Å². The highest BCUT2D eigenvalue weighted by molar-refractivity contribution is 6.21. The highest BCUT2D eigenvalue weighted by atomic mass is 16.3. The fraction of sp³-hybridized carbons (Fsp3) is 0.467. The molecule has 0 unspecified atom stereocenters. The van der Waals surface area contributed by atoms with Crippen LogP contribution in [0.5, 0.6) is 0 Å². The van der Waals surface area contributed by atoms with E-state index in [0.717, 1.165) is 13.0 Å². The fourth-order valence-electron chi connectivity index (χ4n) is 2.48. The minimum atomic E-state index is -0.196. The number of benzene rings is 1. The van der Waals surface area contributed by atoms with Crippen LogP contribution < -0.4 is 0 Å². The number of fused-ring (bicyclic) bond motifs is 1. The normalized spacial score (nSPS) is 14.8. The maximum Gasteiger partial charge on any atom is 0.261 e. The second-order valence-electron chi connectivity index (χ2n) is 5.77. The van der Waals surface area contributed by atoms with Crippen molar-refractivity contribution in [2.45, 2.75) is 6.42 Å². The van der Waals surface area contributed by atoms with Gasteiger partial charge in [-0.05, 0) is 12.1 Å². The molecule has 1 aromatic carbocycles. The number of carbonyl (C=O) groups is 2. The molecule has 1 N–H and O–H groups in total. The fourth-order valence-corrected chi connectivity index (χ4v) is 2.48. The van der Waals surface area contributed by atoms with Crippen LogP contribution in [0.25, 0.3) is 0 Å². The third-order valence-corrected chi connectivity index (χ3v) is 3.73. The summed E-state index contributed by atoms with van der Waals surface area (Å²) in [5.41, 5.74) is 1.00. The van der Waals surface area contributed by atoms with Gasteiger partial charge in [0.2, 0.25) is 0 Å². The van der Waals surface area contributed by atoms with Gasteiger partial charge in [-0.2, -0.15) is 0 Å². The van der Waals surface area contributed by atoms with E-state index in [4.69, 9.17) is 5.11 Å². The first-order valence-electron chi connectivity index (χ1n) is 6.84. The lowest BCUT2D eigenvalue weighted by molar-refractivity contribution is -0.890. The Bertz CT molecular complexity index is 491. The number of likely N-dealkylation sites (N-methyl/N-ethyl adjacent to an activating group) is 1. The van der Waals surface area contributed by atoms with E-state index in [1.165, 1.54) is 4.90 Å². The summed E-state index contributed by atoms with van der Waals surface area (Å²) >= 11 is 0. The van der Waals surface area contributed by atoms with Gasteiger partial charge in [-0.15, -0.1) is 0 Å². The van der Waals surface area contributed by atoms with E-state index < -0.39 is 0 Å². The molecule has 20 heavy (non-hydrogen) atoms. The van der Waals surface area contributed by atoms with Crippen molar-refractivity contribution in [1.82, 2.24) is 4.90 Å². The van der Waals surface area contributed by atoms with Crippen LogP contribution in [0.2, 0.25) is 0 Å². The van der Waals surface area contributed by atoms with Crippen LogP contribution in [0.3, 0.4) is 0 Å². The summed E-state index contributed by atoms with van der Waals surface area (Å²) < 4.78 is 0.680. The van der Waals surface area contributed by atoms with Crippen LogP contribution in [-0.4, -0.2) is 66.6 Å². The zero-order valence-corrected chi connectivity index (χ0v) is 12.0. The SMILES string of the molecule is C[N+](C)(CCO)CCCN1C(=O)c2ccccc2C1=O. The second kappa shape index (κ2) is 5.73. The van der Waals surface area contributed by atoms with E-state index in [1.807, 2.05) is 14.1 Å². The van der Waals surface area contributed by atoms with Gasteiger partial charge in [0.1, 0.15) is 6.54 Å². The van der Waals surface area contributed by atoms with Crippen molar-refractivity contribution in [3.8, 4) is 0 Å². The lowest BCUT2D eigenvalue weighted by Gasteiger charge is -2.29. The largest absolute Gasteiger partial charge is 0.391 e. The molecular formula is C15H21N2O3+. The predicted octanol–water partition coefficient (Wildman–Crippen LogP) is 0.741. The molecular weight excluding hydrogens is 256 g/mol. The molecule has 0 aliphatic carbocycles. The lowest BCUT2D eigenvalue weighted by atomic mass is 10.1. The molecule has 0 aromatic heterocycles. The number of imide groups is 1. The van der Waals surface area contributed by atoms with Crippen LogP contribution in [0.1, 0.15) is 27.1 Å². The molecule has 0 radical (unpaired) electrons. The lowest BCUT2D eigenvalue weighted by Crippen LogP contribution is -2.44. The van der Waals surface area contributed by atoms with E-state index in [0.29, 0.717) is 28.7 Å². The van der Waals surface area contributed by atoms with Crippen molar-refractivity contribution in [2.24, 2.45) is 0 Å². The summed E-state index contributed by atoms with van der Waals surface area (Å²) in [6.45, 7) is 2.05. The Morgan fingerprint density at radius 2 is 1.60 bits per heavy atom. The van der Waals surface area contributed by atoms with E-state index in [2.05, 4.69) is 0 Å². The zero-order valence-electron chi connectivity index (χ0n) is 12.0. The molecule has 0 spiro atoms. The third-order valence-electron chi connectivity index (χ3n) is 3.73. The standard InChI is InChI=1S/C15H21N2O3/c1-17(2,10-11-18)9-5-8-16-14(19)12-6-3-4-7-13(12)15(16)20/h3-4,6-7,18H,5,8-11H2,1-2H3/q+1. The molecule has 2 amide bonds. The Labute approximate surface area is 119 Å². The number of hydrogen-bond acceptors (Lipinski definition) is 3. The van der Waals surface area contributed by atoms with Gasteiger partial charge in [-0.25, -0.2) is 0 Å². The molecule has 5 heteroatoms. The van der Waals surface area contributed by atoms with Crippen LogP contribution in [-0.2, 0) is 0 Å². The van der Waals surface area contributed by atoms with E-state index in [-0.39, 0.29) is 18.4 Å². The summed E-state index contributed by atoms with van der Waals surface area (Å²) in [4.78, 5) is 25.6. The molecule has 1 aromatic rings. The van der Waals surface area contributed by atoms with E-state index in [1.54, 1.807) is 24.3 Å². The second-order valence-corrected chi connectivity index (χ2v) is 5.77. The highest BCUT2D eigenvalue weighted by Gasteiger charge is 2.34. The Morgan fingerprint density at radius 3 is 2.10 bits per heavy atom. The first kappa shape index (κ1) is 14.7. The van der Waals surface area contributed by atoms with Crippen molar-refractivity contribution in [3.05, 3.63) is 35.4 Å². The summed E-state index contributed by atoms with van der Waals surface area (Å²) in [5.74, 6) is -0.392. The molecule has 1 heterocycles. The number of nitrogens with zero attached hydrogens (tertiary/aromatic N) is 2. The Morgan fingerprint density at radius 1 is 1.05 bits per heavy atom. The molecule has 5 nitrogen and oxygen atoms in total. The van der Waals surface area contributed by atoms with Gasteiger partial charge in [0.25, 0.3) is 11.8 Å². The van der Waals surface area contributed by atoms with E-state index >= 15 is 0 Å². The minimum Gasteiger partial charge on any atom is -0.391 e. The number of carbonyl (C=O) groups excluding carboxylic acids is 2. The van der Waals surface area contributed by atoms with Crippen LogP contribution in [0, 0.1) is 0 Å². The molecule has 0 atom stereocenters. The number of aliphatic hydroxyl groups is 1. The maximum atomic E-state index is 12.1. The Kier molecular flexibility index (Phi) is 4.20. The van der Waals surface area contributed by atoms with Crippen molar-refractivity contribution >= 4 is 11.8 Å². The Balaban J connectivity index is 1.96. The van der Waals surface area contributed by atoms with Gasteiger partial charge in [0.05, 0.1) is 38.4 Å². The highest BCUT2D eigenvalue weighted by Crippen LogP contribution is 2.22. The average Bonchev–Trinajstić information content (AvgIpc) is 2.64. The van der Waals surface area contributed by atoms with E-state index in [9.17, 15) is 9.59 Å². The smallest absolute Gasteiger partial charge is 0.261 e. The molecule has 0 saturated carbocycles. The first-order chi connectivity index (χ1) is 9.46. The summed E-state index contributed by atoms with van der Waals surface area (Å²) in [7, 11) is 4.05. The number of rotatable bonds is 6. The third kappa shape index (κ3) is 2.89. The topological polar surface area (TPSA) is 57.6 Å². The summed E-state index contributed by atoms with van der Waals surface area (Å²) in [6, 6.07) is 6.94. The quantitative estimate of drug-likeness (QED) is 0.616. The molecule has 1 aliphatic rings. The first-order valence-corrected chi connectivity index (χ1v) is 6.84. The van der Waals surface area contributed by atoms with Gasteiger partial charge >= 0.3 is 0 Å². The summed E-state index contributed by atoms with van der Waals surface area (Å²) in [6.07, 6.45) is 0.735. The summed E-state index contributed by atoms with van der Waals surface area (Å²) in [5, 5.41) is 8.98.